The summed E-state index contributed by atoms with van der Waals surface area (Å²) in [5.41, 5.74) is 0.811. The van der Waals surface area contributed by atoms with Crippen LogP contribution in [0.1, 0.15) is 12.5 Å². The highest BCUT2D eigenvalue weighted by molar-refractivity contribution is 5.77. The lowest BCUT2D eigenvalue weighted by Gasteiger charge is -2.34. The third kappa shape index (κ3) is 5.70. The second kappa shape index (κ2) is 8.70. The molecule has 1 aromatic carbocycles. The lowest BCUT2D eigenvalue weighted by molar-refractivity contribution is -0.285. The lowest BCUT2D eigenvalue weighted by atomic mass is 9.98. The average molecular weight is 327 g/mol. The van der Waals surface area contributed by atoms with Crippen molar-refractivity contribution in [3.8, 4) is 0 Å². The highest BCUT2D eigenvalue weighted by atomic mass is 16.6. The summed E-state index contributed by atoms with van der Waals surface area (Å²) in [5.74, 6) is -3.68. The smallest absolute Gasteiger partial charge is 0.221 e. The first-order chi connectivity index (χ1) is 10.8. The van der Waals surface area contributed by atoms with Gasteiger partial charge in [-0.15, -0.1) is 0 Å². The number of aliphatic hydroxyl groups is 4. The lowest BCUT2D eigenvalue weighted by Crippen LogP contribution is -2.62. The second-order valence-corrected chi connectivity index (χ2v) is 5.11. The summed E-state index contributed by atoms with van der Waals surface area (Å²) in [6.07, 6.45) is -3.87. The Kier molecular flexibility index (Phi) is 7.27. The van der Waals surface area contributed by atoms with E-state index in [4.69, 9.17) is 4.74 Å². The van der Waals surface area contributed by atoms with Crippen LogP contribution in [-0.2, 0) is 20.9 Å². The van der Waals surface area contributed by atoms with Crippen LogP contribution in [0.4, 0.5) is 0 Å². The average Bonchev–Trinajstić information content (AvgIpc) is 2.52. The van der Waals surface area contributed by atoms with Crippen LogP contribution in [0.3, 0.4) is 0 Å². The molecule has 0 saturated heterocycles. The fourth-order valence-corrected chi connectivity index (χ4v) is 1.87. The molecule has 8 heteroatoms. The third-order valence-electron chi connectivity index (χ3n) is 3.17. The van der Waals surface area contributed by atoms with Gasteiger partial charge in [-0.3, -0.25) is 4.79 Å². The summed E-state index contributed by atoms with van der Waals surface area (Å²) >= 11 is 0. The Bertz CT molecular complexity index is 506. The SMILES string of the molecule is CC(=O)N[C@@H](C=O)[C@@H](O)C(O)(O)[C@H](O)COCc1ccccc1. The fraction of sp³-hybridized carbons (Fsp3) is 0.467. The molecule has 128 valence electrons. The molecule has 3 atom stereocenters. The van der Waals surface area contributed by atoms with Crippen LogP contribution in [-0.4, -0.2) is 63.3 Å². The van der Waals surface area contributed by atoms with Crippen LogP contribution in [0.15, 0.2) is 30.3 Å². The van der Waals surface area contributed by atoms with Crippen molar-refractivity contribution in [2.75, 3.05) is 6.61 Å². The van der Waals surface area contributed by atoms with Gasteiger partial charge in [-0.25, -0.2) is 0 Å². The van der Waals surface area contributed by atoms with Crippen LogP contribution in [0.5, 0.6) is 0 Å². The van der Waals surface area contributed by atoms with Crippen LogP contribution >= 0.6 is 0 Å². The number of carbonyl (C=O) groups is 2. The van der Waals surface area contributed by atoms with Crippen LogP contribution < -0.4 is 5.32 Å². The molecule has 0 radical (unpaired) electrons. The van der Waals surface area contributed by atoms with Gasteiger partial charge in [0.05, 0.1) is 13.2 Å². The molecule has 0 fully saturated rings. The topological polar surface area (TPSA) is 136 Å². The number of benzene rings is 1. The molecule has 0 spiro atoms. The van der Waals surface area contributed by atoms with Gasteiger partial charge in [-0.1, -0.05) is 30.3 Å². The van der Waals surface area contributed by atoms with Crippen molar-refractivity contribution < 1.29 is 34.8 Å². The highest BCUT2D eigenvalue weighted by Crippen LogP contribution is 2.16. The minimum atomic E-state index is -3.04. The maximum atomic E-state index is 10.9. The molecule has 8 nitrogen and oxygen atoms in total. The van der Waals surface area contributed by atoms with Gasteiger partial charge in [0, 0.05) is 6.92 Å². The number of aldehydes is 1. The molecule has 0 unspecified atom stereocenters. The summed E-state index contributed by atoms with van der Waals surface area (Å²) in [5, 5.41) is 41.3. The number of aliphatic hydroxyl groups excluding tert-OH is 2. The first-order valence-corrected chi connectivity index (χ1v) is 6.94. The number of nitrogens with one attached hydrogen (secondary N) is 1. The number of carbonyl (C=O) groups excluding carboxylic acids is 2. The van der Waals surface area contributed by atoms with E-state index < -0.39 is 36.6 Å². The van der Waals surface area contributed by atoms with Gasteiger partial charge in [0.25, 0.3) is 0 Å². The molecular formula is C15H21NO7. The molecular weight excluding hydrogens is 306 g/mol. The maximum Gasteiger partial charge on any atom is 0.221 e. The minimum absolute atomic E-state index is 0.118. The Hall–Kier alpha value is -1.84. The molecule has 0 heterocycles. The Morgan fingerprint density at radius 2 is 1.91 bits per heavy atom. The fourth-order valence-electron chi connectivity index (χ4n) is 1.87. The molecule has 1 rings (SSSR count). The van der Waals surface area contributed by atoms with Crippen LogP contribution in [0, 0.1) is 0 Å². The largest absolute Gasteiger partial charge is 0.385 e. The van der Waals surface area contributed by atoms with Gasteiger partial charge in [0.2, 0.25) is 11.7 Å². The second-order valence-electron chi connectivity index (χ2n) is 5.11. The van der Waals surface area contributed by atoms with Gasteiger partial charge in [-0.05, 0) is 5.56 Å². The summed E-state index contributed by atoms with van der Waals surface area (Å²) in [4.78, 5) is 21.8. The molecule has 23 heavy (non-hydrogen) atoms. The number of hydrogen-bond acceptors (Lipinski definition) is 7. The molecule has 0 aliphatic rings. The van der Waals surface area contributed by atoms with E-state index in [9.17, 15) is 30.0 Å². The molecule has 0 aliphatic carbocycles. The van der Waals surface area contributed by atoms with Crippen molar-refractivity contribution in [3.05, 3.63) is 35.9 Å². The normalized spacial score (nSPS) is 15.5. The van der Waals surface area contributed by atoms with Crippen molar-refractivity contribution in [2.24, 2.45) is 0 Å². The Morgan fingerprint density at radius 1 is 1.30 bits per heavy atom. The van der Waals surface area contributed by atoms with Crippen molar-refractivity contribution in [2.45, 2.75) is 37.6 Å². The predicted octanol–water partition coefficient (Wildman–Crippen LogP) is -1.69. The monoisotopic (exact) mass is 327 g/mol. The van der Waals surface area contributed by atoms with Crippen molar-refractivity contribution >= 4 is 12.2 Å². The number of ether oxygens (including phenoxy) is 1. The molecule has 0 bridgehead atoms. The zero-order valence-corrected chi connectivity index (χ0v) is 12.6. The maximum absolute atomic E-state index is 10.9. The van der Waals surface area contributed by atoms with Crippen molar-refractivity contribution in [1.82, 2.24) is 5.32 Å². The van der Waals surface area contributed by atoms with E-state index in [0.717, 1.165) is 12.5 Å². The van der Waals surface area contributed by atoms with Crippen LogP contribution in [0.2, 0.25) is 0 Å². The zero-order chi connectivity index (χ0) is 17.5. The van der Waals surface area contributed by atoms with Gasteiger partial charge in [0.15, 0.2) is 0 Å². The van der Waals surface area contributed by atoms with E-state index in [0.29, 0.717) is 0 Å². The molecule has 5 N–H and O–H groups in total. The van der Waals surface area contributed by atoms with E-state index in [2.05, 4.69) is 0 Å². The van der Waals surface area contributed by atoms with E-state index >= 15 is 0 Å². The molecule has 1 amide bonds. The summed E-state index contributed by atoms with van der Waals surface area (Å²) < 4.78 is 5.16. The first kappa shape index (κ1) is 19.2. The van der Waals surface area contributed by atoms with Crippen molar-refractivity contribution in [3.63, 3.8) is 0 Å². The van der Waals surface area contributed by atoms with Gasteiger partial charge in [0.1, 0.15) is 24.5 Å². The quantitative estimate of drug-likeness (QED) is 0.270. The molecule has 0 aromatic heterocycles. The first-order valence-electron chi connectivity index (χ1n) is 6.94. The number of hydrogen-bond donors (Lipinski definition) is 5. The number of rotatable bonds is 9. The van der Waals surface area contributed by atoms with E-state index in [1.54, 1.807) is 24.3 Å². The molecule has 0 saturated carbocycles. The van der Waals surface area contributed by atoms with E-state index in [-0.39, 0.29) is 12.9 Å². The summed E-state index contributed by atoms with van der Waals surface area (Å²) in [6.45, 7) is 0.719. The predicted molar refractivity (Wildman–Crippen MR) is 78.9 cm³/mol. The summed E-state index contributed by atoms with van der Waals surface area (Å²) in [7, 11) is 0. The van der Waals surface area contributed by atoms with E-state index in [1.165, 1.54) is 0 Å². The Balaban J connectivity index is 2.58. The van der Waals surface area contributed by atoms with Crippen molar-refractivity contribution in [1.29, 1.82) is 0 Å². The number of amides is 1. The Labute approximate surface area is 133 Å². The van der Waals surface area contributed by atoms with Gasteiger partial charge >= 0.3 is 0 Å². The zero-order valence-electron chi connectivity index (χ0n) is 12.6. The van der Waals surface area contributed by atoms with Gasteiger partial charge < -0.3 is 35.3 Å². The standard InChI is InChI=1S/C15H21NO7/c1-10(18)16-12(7-17)14(20)15(21,22)13(19)9-23-8-11-5-3-2-4-6-11/h2-7,12-14,19-22H,8-9H2,1H3,(H,16,18)/t12-,13+,14+/m0/s1. The minimum Gasteiger partial charge on any atom is -0.385 e. The van der Waals surface area contributed by atoms with E-state index in [1.807, 2.05) is 11.4 Å². The molecule has 1 aromatic rings. The van der Waals surface area contributed by atoms with Crippen LogP contribution in [0.25, 0.3) is 0 Å². The molecule has 0 aliphatic heterocycles. The third-order valence-corrected chi connectivity index (χ3v) is 3.17. The van der Waals surface area contributed by atoms with Gasteiger partial charge in [-0.2, -0.15) is 0 Å². The summed E-state index contributed by atoms with van der Waals surface area (Å²) in [6, 6.07) is 7.40. The highest BCUT2D eigenvalue weighted by Gasteiger charge is 2.45. The Morgan fingerprint density at radius 3 is 2.43 bits per heavy atom.